The number of rotatable bonds is 9. The normalized spacial score (nSPS) is 23.0. The molecule has 4 atom stereocenters. The molecule has 35 heavy (non-hydrogen) atoms. The Morgan fingerprint density at radius 2 is 2.03 bits per heavy atom. The molecule has 1 aromatic rings. The van der Waals surface area contributed by atoms with Crippen molar-refractivity contribution in [1.82, 2.24) is 9.62 Å². The molecule has 2 aliphatic rings. The molecule has 2 aliphatic heterocycles. The summed E-state index contributed by atoms with van der Waals surface area (Å²) < 4.78 is 29.5. The van der Waals surface area contributed by atoms with Crippen molar-refractivity contribution in [3.63, 3.8) is 0 Å². The largest absolute Gasteiger partial charge is 0.480 e. The van der Waals surface area contributed by atoms with Gasteiger partial charge in [-0.25, -0.2) is 13.2 Å². The number of hydrogen-bond donors (Lipinski definition) is 5. The smallest absolute Gasteiger partial charge is 0.326 e. The van der Waals surface area contributed by atoms with Crippen LogP contribution in [0.3, 0.4) is 0 Å². The number of carbonyl (C=O) groups excluding carboxylic acids is 1. The first-order valence-electron chi connectivity index (χ1n) is 12.0. The Bertz CT molecular complexity index is 1070. The first-order valence-corrected chi connectivity index (χ1v) is 13.4. The van der Waals surface area contributed by atoms with E-state index in [9.17, 15) is 23.1 Å². The van der Waals surface area contributed by atoms with Crippen LogP contribution in [0.2, 0.25) is 0 Å². The van der Waals surface area contributed by atoms with Crippen molar-refractivity contribution in [3.8, 4) is 0 Å². The van der Waals surface area contributed by atoms with Crippen LogP contribution in [0.4, 0.5) is 5.69 Å². The number of piperidine rings is 1. The lowest BCUT2D eigenvalue weighted by atomic mass is 9.91. The van der Waals surface area contributed by atoms with E-state index in [-0.39, 0.29) is 36.3 Å². The van der Waals surface area contributed by atoms with E-state index in [2.05, 4.69) is 22.0 Å². The van der Waals surface area contributed by atoms with Gasteiger partial charge in [0, 0.05) is 19.6 Å². The van der Waals surface area contributed by atoms with E-state index in [0.717, 1.165) is 12.0 Å². The number of amides is 1. The van der Waals surface area contributed by atoms with Crippen molar-refractivity contribution in [2.75, 3.05) is 25.0 Å². The molecule has 194 valence electrons. The fourth-order valence-electron chi connectivity index (χ4n) is 4.72. The number of para-hydroxylation sites is 1. The minimum Gasteiger partial charge on any atom is -0.480 e. The third-order valence-electron chi connectivity index (χ3n) is 6.57. The molecule has 0 unspecified atom stereocenters. The molecule has 11 nitrogen and oxygen atoms in total. The number of fused-ring (bicyclic) bond motifs is 1. The second kappa shape index (κ2) is 11.3. The Kier molecular flexibility index (Phi) is 8.60. The second-order valence-corrected chi connectivity index (χ2v) is 11.3. The highest BCUT2D eigenvalue weighted by Gasteiger charge is 2.39. The molecule has 0 aromatic heterocycles. The van der Waals surface area contributed by atoms with Crippen molar-refractivity contribution in [1.29, 1.82) is 0 Å². The summed E-state index contributed by atoms with van der Waals surface area (Å²) in [7, 11) is -4.10. The Hall–Kier alpha value is -2.86. The number of aliphatic imine (C=N–C) groups is 1. The average molecular weight is 509 g/mol. The lowest BCUT2D eigenvalue weighted by Crippen LogP contribution is -2.56. The summed E-state index contributed by atoms with van der Waals surface area (Å²) >= 11 is 0. The van der Waals surface area contributed by atoms with Gasteiger partial charge in [0.2, 0.25) is 15.9 Å². The summed E-state index contributed by atoms with van der Waals surface area (Å²) in [6.07, 6.45) is 2.17. The summed E-state index contributed by atoms with van der Waals surface area (Å²) in [6.45, 7) is 5.14. The topological polar surface area (TPSA) is 180 Å². The van der Waals surface area contributed by atoms with Gasteiger partial charge >= 0.3 is 5.97 Å². The second-order valence-electron chi connectivity index (χ2n) is 9.62. The number of nitrogens with two attached hydrogens (primary N) is 2. The average Bonchev–Trinajstić information content (AvgIpc) is 2.79. The van der Waals surface area contributed by atoms with Crippen molar-refractivity contribution in [2.24, 2.45) is 28.3 Å². The maximum absolute atomic E-state index is 13.5. The molecule has 0 aliphatic carbocycles. The van der Waals surface area contributed by atoms with Crippen LogP contribution in [0, 0.1) is 11.8 Å². The zero-order valence-electron chi connectivity index (χ0n) is 20.2. The number of carboxylic acid groups (broad SMARTS) is 1. The van der Waals surface area contributed by atoms with Gasteiger partial charge in [-0.05, 0) is 55.6 Å². The van der Waals surface area contributed by atoms with E-state index >= 15 is 0 Å². The highest BCUT2D eigenvalue weighted by atomic mass is 32.2. The van der Waals surface area contributed by atoms with Crippen LogP contribution in [0.15, 0.2) is 28.1 Å². The van der Waals surface area contributed by atoms with Crippen molar-refractivity contribution in [2.45, 2.75) is 62.9 Å². The summed E-state index contributed by atoms with van der Waals surface area (Å²) in [5.74, 6) is -1.22. The van der Waals surface area contributed by atoms with E-state index in [4.69, 9.17) is 11.5 Å². The maximum atomic E-state index is 13.5. The Balaban J connectivity index is 1.88. The maximum Gasteiger partial charge on any atom is 0.326 e. The van der Waals surface area contributed by atoms with Crippen LogP contribution < -0.4 is 21.5 Å². The number of carboxylic acids is 1. The van der Waals surface area contributed by atoms with E-state index in [1.807, 2.05) is 13.0 Å². The predicted octanol–water partition coefficient (Wildman–Crippen LogP) is 0.703. The third kappa shape index (κ3) is 6.63. The summed E-state index contributed by atoms with van der Waals surface area (Å²) in [5.41, 5.74) is 12.2. The van der Waals surface area contributed by atoms with Gasteiger partial charge in [-0.15, -0.1) is 0 Å². The van der Waals surface area contributed by atoms with Gasteiger partial charge in [-0.2, -0.15) is 4.72 Å². The molecule has 1 aromatic carbocycles. The molecule has 7 N–H and O–H groups in total. The summed E-state index contributed by atoms with van der Waals surface area (Å²) in [6, 6.07) is 2.94. The molecule has 1 saturated heterocycles. The summed E-state index contributed by atoms with van der Waals surface area (Å²) in [5, 5.41) is 12.9. The fourth-order valence-corrected chi connectivity index (χ4v) is 6.17. The van der Waals surface area contributed by atoms with E-state index < -0.39 is 34.0 Å². The van der Waals surface area contributed by atoms with Crippen LogP contribution in [0.25, 0.3) is 0 Å². The fraction of sp³-hybridized carbons (Fsp3) is 0.609. The first-order chi connectivity index (χ1) is 16.5. The molecule has 1 amide bonds. The third-order valence-corrected chi connectivity index (χ3v) is 8.09. The van der Waals surface area contributed by atoms with Gasteiger partial charge in [-0.1, -0.05) is 26.0 Å². The Labute approximate surface area is 206 Å². The number of anilines is 1. The minimum atomic E-state index is -4.10. The molecule has 2 heterocycles. The predicted molar refractivity (Wildman–Crippen MR) is 133 cm³/mol. The Morgan fingerprint density at radius 1 is 1.29 bits per heavy atom. The van der Waals surface area contributed by atoms with E-state index in [1.165, 1.54) is 11.0 Å². The molecule has 0 bridgehead atoms. The lowest BCUT2D eigenvalue weighted by molar-refractivity contribution is -0.153. The molecule has 0 radical (unpaired) electrons. The van der Waals surface area contributed by atoms with Crippen LogP contribution in [0.5, 0.6) is 0 Å². The zero-order valence-corrected chi connectivity index (χ0v) is 21.1. The van der Waals surface area contributed by atoms with E-state index in [0.29, 0.717) is 37.4 Å². The van der Waals surface area contributed by atoms with Gasteiger partial charge < -0.3 is 26.8 Å². The molecular formula is C23H36N6O5S. The molecule has 12 heteroatoms. The van der Waals surface area contributed by atoms with Crippen molar-refractivity contribution < 1.29 is 23.1 Å². The number of benzene rings is 1. The number of carbonyl (C=O) groups is 2. The van der Waals surface area contributed by atoms with Gasteiger partial charge in [-0.3, -0.25) is 9.79 Å². The van der Waals surface area contributed by atoms with Crippen LogP contribution in [-0.4, -0.2) is 68.0 Å². The molecule has 0 saturated carbocycles. The number of nitrogens with zero attached hydrogens (tertiary/aromatic N) is 2. The molecular weight excluding hydrogens is 472 g/mol. The minimum absolute atomic E-state index is 0.0750. The zero-order chi connectivity index (χ0) is 25.8. The number of guanidine groups is 1. The van der Waals surface area contributed by atoms with Crippen LogP contribution >= 0.6 is 0 Å². The SMILES string of the molecule is C[C@@H]1CNc2c(cccc2S(=O)(=O)N[C@@H](CCCN=C(N)N)C(=O)N2CC[C@@H](C)C[C@H]2C(=O)O)C1. The lowest BCUT2D eigenvalue weighted by Gasteiger charge is -2.38. The number of sulfonamides is 1. The monoisotopic (exact) mass is 508 g/mol. The molecule has 3 rings (SSSR count). The van der Waals surface area contributed by atoms with Crippen LogP contribution in [-0.2, 0) is 26.0 Å². The first kappa shape index (κ1) is 26.7. The number of hydrogen-bond acceptors (Lipinski definition) is 6. The van der Waals surface area contributed by atoms with Gasteiger partial charge in [0.05, 0.1) is 5.69 Å². The van der Waals surface area contributed by atoms with E-state index in [1.54, 1.807) is 6.07 Å². The Morgan fingerprint density at radius 3 is 2.71 bits per heavy atom. The van der Waals surface area contributed by atoms with Crippen molar-refractivity contribution >= 4 is 33.5 Å². The van der Waals surface area contributed by atoms with Crippen LogP contribution in [0.1, 0.15) is 45.1 Å². The van der Waals surface area contributed by atoms with Gasteiger partial charge in [0.25, 0.3) is 0 Å². The quantitative estimate of drug-likeness (QED) is 0.184. The number of nitrogens with one attached hydrogen (secondary N) is 2. The number of likely N-dealkylation sites (tertiary alicyclic amines) is 1. The molecule has 0 spiro atoms. The van der Waals surface area contributed by atoms with Gasteiger partial charge in [0.15, 0.2) is 5.96 Å². The number of aliphatic carboxylic acids is 1. The molecule has 1 fully saturated rings. The summed E-state index contributed by atoms with van der Waals surface area (Å²) in [4.78, 5) is 30.7. The van der Waals surface area contributed by atoms with Crippen molar-refractivity contribution in [3.05, 3.63) is 23.8 Å². The standard InChI is InChI=1S/C23H36N6O5S/c1-14-8-10-29(18(12-14)22(31)32)21(30)17(6-4-9-26-23(24)25)28-35(33,34)19-7-3-5-16-11-15(2)13-27-20(16)19/h3,5,7,14-15,17-18,27-28H,4,6,8-13H2,1-2H3,(H,31,32)(H4,24,25,26)/t14-,15+,17+,18+/m1/s1. The van der Waals surface area contributed by atoms with Gasteiger partial charge in [0.1, 0.15) is 17.0 Å². The highest BCUT2D eigenvalue weighted by molar-refractivity contribution is 7.89. The highest BCUT2D eigenvalue weighted by Crippen LogP contribution is 2.31.